The van der Waals surface area contributed by atoms with Crippen LogP contribution in [-0.2, 0) is 17.9 Å². The molecule has 11 nitrogen and oxygen atoms in total. The molecule has 37 heavy (non-hydrogen) atoms. The zero-order chi connectivity index (χ0) is 25.9. The van der Waals surface area contributed by atoms with E-state index < -0.39 is 5.60 Å². The lowest BCUT2D eigenvalue weighted by Crippen LogP contribution is -2.51. The summed E-state index contributed by atoms with van der Waals surface area (Å²) >= 11 is 0. The molecule has 0 radical (unpaired) electrons. The van der Waals surface area contributed by atoms with Gasteiger partial charge in [-0.1, -0.05) is 0 Å². The van der Waals surface area contributed by atoms with E-state index >= 15 is 0 Å². The first-order chi connectivity index (χ1) is 17.7. The number of benzene rings is 1. The molecule has 0 amide bonds. The average Bonchev–Trinajstić information content (AvgIpc) is 3.55. The number of fused-ring (bicyclic) bond motifs is 2. The molecule has 3 aromatic heterocycles. The average molecular weight is 507 g/mol. The maximum atomic E-state index is 10.3. The van der Waals surface area contributed by atoms with Crippen LogP contribution in [0.5, 0.6) is 0 Å². The number of rotatable bonds is 5. The monoisotopic (exact) mass is 506 g/mol. The summed E-state index contributed by atoms with van der Waals surface area (Å²) in [5, 5.41) is 30.5. The fourth-order valence-electron chi connectivity index (χ4n) is 5.74. The summed E-state index contributed by atoms with van der Waals surface area (Å²) in [6.07, 6.45) is 5.41. The molecule has 1 aromatic carbocycles. The van der Waals surface area contributed by atoms with E-state index in [9.17, 15) is 10.2 Å². The molecule has 196 valence electrons. The fourth-order valence-corrected chi connectivity index (χ4v) is 5.74. The Hall–Kier alpha value is -3.12. The predicted molar refractivity (Wildman–Crippen MR) is 139 cm³/mol. The van der Waals surface area contributed by atoms with Gasteiger partial charge in [0.15, 0.2) is 11.5 Å². The molecule has 2 aliphatic heterocycles. The molecule has 2 saturated heterocycles. The molecule has 2 fully saturated rings. The van der Waals surface area contributed by atoms with Gasteiger partial charge in [0.2, 0.25) is 0 Å². The first kappa shape index (κ1) is 24.2. The minimum atomic E-state index is -0.895. The first-order valence-electron chi connectivity index (χ1n) is 12.8. The summed E-state index contributed by atoms with van der Waals surface area (Å²) in [5.41, 5.74) is 9.05. The zero-order valence-corrected chi connectivity index (χ0v) is 21.5. The van der Waals surface area contributed by atoms with Gasteiger partial charge in [0.1, 0.15) is 11.2 Å². The summed E-state index contributed by atoms with van der Waals surface area (Å²) in [5.74, 6) is 0.698. The second-order valence-corrected chi connectivity index (χ2v) is 11.2. The van der Waals surface area contributed by atoms with Crippen LogP contribution in [0.2, 0.25) is 0 Å². The molecule has 5 heterocycles. The number of hydrogen-bond donors (Lipinski definition) is 3. The smallest absolute Gasteiger partial charge is 0.182 e. The van der Waals surface area contributed by atoms with Crippen molar-refractivity contribution in [3.05, 3.63) is 36.3 Å². The highest BCUT2D eigenvalue weighted by molar-refractivity contribution is 5.82. The quantitative estimate of drug-likeness (QED) is 0.369. The van der Waals surface area contributed by atoms with Gasteiger partial charge in [-0.3, -0.25) is 4.68 Å². The highest BCUT2D eigenvalue weighted by Crippen LogP contribution is 2.42. The molecule has 11 heteroatoms. The Kier molecular flexibility index (Phi) is 5.72. The SMILES string of the molecule is C[C@@H]1OCC2(CCN(c3nc4cnn(-c5ccc6cnn(CC(C)(C)O)c6c5)c4nc3CO)CC2)[C@@H]1N. The van der Waals surface area contributed by atoms with Crippen LogP contribution in [0.4, 0.5) is 5.82 Å². The van der Waals surface area contributed by atoms with Crippen molar-refractivity contribution < 1.29 is 14.9 Å². The van der Waals surface area contributed by atoms with Gasteiger partial charge in [0, 0.05) is 29.9 Å². The van der Waals surface area contributed by atoms with Gasteiger partial charge in [-0.05, 0) is 51.8 Å². The van der Waals surface area contributed by atoms with Crippen LogP contribution in [0.15, 0.2) is 30.6 Å². The van der Waals surface area contributed by atoms with Crippen molar-refractivity contribution in [3.63, 3.8) is 0 Å². The third-order valence-electron chi connectivity index (χ3n) is 7.92. The second kappa shape index (κ2) is 8.73. The lowest BCUT2D eigenvalue weighted by molar-refractivity contribution is 0.0591. The number of aromatic nitrogens is 6. The maximum Gasteiger partial charge on any atom is 0.182 e. The largest absolute Gasteiger partial charge is 0.390 e. The Balaban J connectivity index is 1.32. The van der Waals surface area contributed by atoms with Gasteiger partial charge in [0.05, 0.1) is 55.1 Å². The molecular formula is C26H34N8O3. The molecule has 0 unspecified atom stereocenters. The lowest BCUT2D eigenvalue weighted by Gasteiger charge is -2.41. The number of nitrogens with zero attached hydrogens (tertiary/aromatic N) is 7. The lowest BCUT2D eigenvalue weighted by atomic mass is 9.73. The van der Waals surface area contributed by atoms with Crippen molar-refractivity contribution in [2.75, 3.05) is 24.6 Å². The van der Waals surface area contributed by atoms with Crippen molar-refractivity contribution in [2.45, 2.75) is 64.5 Å². The number of anilines is 1. The molecule has 4 N–H and O–H groups in total. The number of aliphatic hydroxyl groups is 2. The Morgan fingerprint density at radius 3 is 2.62 bits per heavy atom. The number of hydrogen-bond acceptors (Lipinski definition) is 9. The Morgan fingerprint density at radius 1 is 1.16 bits per heavy atom. The summed E-state index contributed by atoms with van der Waals surface area (Å²) < 4.78 is 9.38. The molecule has 0 bridgehead atoms. The zero-order valence-electron chi connectivity index (χ0n) is 21.5. The van der Waals surface area contributed by atoms with Crippen LogP contribution < -0.4 is 10.6 Å². The van der Waals surface area contributed by atoms with E-state index in [-0.39, 0.29) is 24.2 Å². The van der Waals surface area contributed by atoms with E-state index in [0.717, 1.165) is 42.5 Å². The standard InChI is InChI=1S/C26H34N8O3/c1-16-22(27)26(15-37-16)6-8-32(9-7-26)23-20(13-35)31-24-19(30-23)12-29-34(24)18-5-4-17-11-28-33(21(17)10-18)14-25(2,3)36/h4-5,10-12,16,22,35-36H,6-9,13-15,27H2,1-3H3/t16-,22+/m0/s1. The van der Waals surface area contributed by atoms with Crippen molar-refractivity contribution in [3.8, 4) is 5.69 Å². The van der Waals surface area contributed by atoms with Crippen molar-refractivity contribution >= 4 is 27.9 Å². The Bertz CT molecular complexity index is 1450. The topological polar surface area (TPSA) is 140 Å². The van der Waals surface area contributed by atoms with Crippen LogP contribution in [0.1, 0.15) is 39.3 Å². The summed E-state index contributed by atoms with van der Waals surface area (Å²) in [4.78, 5) is 11.9. The molecule has 1 spiro atoms. The predicted octanol–water partition coefficient (Wildman–Crippen LogP) is 1.76. The van der Waals surface area contributed by atoms with E-state index in [0.29, 0.717) is 35.8 Å². The number of aliphatic hydroxyl groups excluding tert-OH is 1. The third kappa shape index (κ3) is 4.15. The van der Waals surface area contributed by atoms with Crippen molar-refractivity contribution in [2.24, 2.45) is 11.1 Å². The minimum Gasteiger partial charge on any atom is -0.390 e. The molecular weight excluding hydrogens is 472 g/mol. The van der Waals surface area contributed by atoms with Gasteiger partial charge >= 0.3 is 0 Å². The second-order valence-electron chi connectivity index (χ2n) is 11.2. The van der Waals surface area contributed by atoms with Crippen LogP contribution in [0.25, 0.3) is 27.8 Å². The van der Waals surface area contributed by atoms with Crippen LogP contribution >= 0.6 is 0 Å². The Labute approximate surface area is 214 Å². The van der Waals surface area contributed by atoms with Crippen molar-refractivity contribution in [1.82, 2.24) is 29.5 Å². The van der Waals surface area contributed by atoms with Gasteiger partial charge in [-0.2, -0.15) is 10.2 Å². The van der Waals surface area contributed by atoms with Gasteiger partial charge in [-0.15, -0.1) is 0 Å². The van der Waals surface area contributed by atoms with E-state index in [1.54, 1.807) is 35.6 Å². The number of nitrogens with two attached hydrogens (primary N) is 1. The van der Waals surface area contributed by atoms with Crippen LogP contribution in [-0.4, -0.2) is 77.2 Å². The van der Waals surface area contributed by atoms with E-state index in [1.165, 1.54) is 0 Å². The highest BCUT2D eigenvalue weighted by atomic mass is 16.5. The third-order valence-corrected chi connectivity index (χ3v) is 7.92. The Morgan fingerprint density at radius 2 is 1.95 bits per heavy atom. The molecule has 4 aromatic rings. The van der Waals surface area contributed by atoms with Crippen LogP contribution in [0, 0.1) is 5.41 Å². The first-order valence-corrected chi connectivity index (χ1v) is 12.8. The highest BCUT2D eigenvalue weighted by Gasteiger charge is 2.47. The van der Waals surface area contributed by atoms with Crippen molar-refractivity contribution in [1.29, 1.82) is 0 Å². The van der Waals surface area contributed by atoms with Gasteiger partial charge in [0.25, 0.3) is 0 Å². The molecule has 2 aliphatic rings. The summed E-state index contributed by atoms with van der Waals surface area (Å²) in [6, 6.07) is 5.95. The minimum absolute atomic E-state index is 0.00805. The van der Waals surface area contributed by atoms with Gasteiger partial charge < -0.3 is 25.6 Å². The summed E-state index contributed by atoms with van der Waals surface area (Å²) in [6.45, 7) is 7.98. The fraction of sp³-hybridized carbons (Fsp3) is 0.538. The molecule has 2 atom stereocenters. The van der Waals surface area contributed by atoms with E-state index in [1.807, 2.05) is 25.1 Å². The van der Waals surface area contributed by atoms with E-state index in [2.05, 4.69) is 15.1 Å². The summed E-state index contributed by atoms with van der Waals surface area (Å²) in [7, 11) is 0. The number of piperidine rings is 1. The van der Waals surface area contributed by atoms with Crippen LogP contribution in [0.3, 0.4) is 0 Å². The molecule has 0 aliphatic carbocycles. The molecule has 6 rings (SSSR count). The normalized spacial score (nSPS) is 22.1. The molecule has 0 saturated carbocycles. The van der Waals surface area contributed by atoms with Gasteiger partial charge in [-0.25, -0.2) is 14.6 Å². The maximum absolute atomic E-state index is 10.3. The van der Waals surface area contributed by atoms with E-state index in [4.69, 9.17) is 20.4 Å². The number of ether oxygens (including phenoxy) is 1.